The van der Waals surface area contributed by atoms with E-state index in [0.717, 1.165) is 25.7 Å². The van der Waals surface area contributed by atoms with E-state index in [-0.39, 0.29) is 17.4 Å². The molecule has 1 fully saturated rings. The molecule has 7 heteroatoms. The lowest BCUT2D eigenvalue weighted by Crippen LogP contribution is -2.41. The average Bonchev–Trinajstić information content (AvgIpc) is 2.96. The summed E-state index contributed by atoms with van der Waals surface area (Å²) in [7, 11) is 0. The summed E-state index contributed by atoms with van der Waals surface area (Å²) in [6.45, 7) is 2.08. The Morgan fingerprint density at radius 1 is 1.50 bits per heavy atom. The van der Waals surface area contributed by atoms with Gasteiger partial charge in [0.1, 0.15) is 22.3 Å². The van der Waals surface area contributed by atoms with Crippen molar-refractivity contribution in [1.82, 2.24) is 5.32 Å². The van der Waals surface area contributed by atoms with Crippen molar-refractivity contribution in [2.45, 2.75) is 38.6 Å². The predicted octanol–water partition coefficient (Wildman–Crippen LogP) is 2.79. The molecule has 1 amide bonds. The summed E-state index contributed by atoms with van der Waals surface area (Å²) in [5.41, 5.74) is -0.123. The molecule has 0 radical (unpaired) electrons. The maximum atomic E-state index is 12.2. The largest absolute Gasteiger partial charge is 0.433 e. The lowest BCUT2D eigenvalue weighted by atomic mass is 9.86. The Balaban J connectivity index is 2.09. The van der Waals surface area contributed by atoms with Crippen molar-refractivity contribution in [2.24, 2.45) is 5.92 Å². The maximum absolute atomic E-state index is 12.2. The zero-order valence-electron chi connectivity index (χ0n) is 12.2. The number of carbonyl (C=O) groups excluding carboxylic acids is 1. The van der Waals surface area contributed by atoms with E-state index in [1.54, 1.807) is 0 Å². The Kier molecular flexibility index (Phi) is 4.94. The summed E-state index contributed by atoms with van der Waals surface area (Å²) in [6, 6.07) is 4.41. The number of rotatable bonds is 4. The van der Waals surface area contributed by atoms with Gasteiger partial charge in [-0.2, -0.15) is 5.26 Å². The monoisotopic (exact) mass is 303 g/mol. The zero-order valence-corrected chi connectivity index (χ0v) is 12.2. The minimum Gasteiger partial charge on any atom is -0.401 e. The minimum atomic E-state index is -0.673. The van der Waals surface area contributed by atoms with E-state index in [1.807, 2.05) is 6.07 Å². The van der Waals surface area contributed by atoms with Crippen molar-refractivity contribution < 1.29 is 14.1 Å². The lowest BCUT2D eigenvalue weighted by Gasteiger charge is -2.29. The van der Waals surface area contributed by atoms with Gasteiger partial charge in [-0.1, -0.05) is 19.8 Å². The molecule has 116 valence electrons. The summed E-state index contributed by atoms with van der Waals surface area (Å²) in [6.07, 6.45) is 5.39. The molecule has 1 saturated carbocycles. The van der Waals surface area contributed by atoms with Crippen LogP contribution < -0.4 is 5.32 Å². The van der Waals surface area contributed by atoms with E-state index in [9.17, 15) is 14.9 Å². The molecule has 0 aliphatic heterocycles. The summed E-state index contributed by atoms with van der Waals surface area (Å²) >= 11 is 0. The standard InChI is InChI=1S/C15H17N3O4/c1-10-4-2-3-5-13(10)17-15(19)11(9-16)8-12-6-7-14(22-12)18(20)21/h6-8,10,13H,2-5H2,1H3,(H,17,19)/b11-8+/t10-,13-/m1/s1. The fourth-order valence-corrected chi connectivity index (χ4v) is 2.59. The van der Waals surface area contributed by atoms with Crippen molar-refractivity contribution in [3.63, 3.8) is 0 Å². The van der Waals surface area contributed by atoms with Gasteiger partial charge in [0.25, 0.3) is 5.91 Å². The second-order valence-electron chi connectivity index (χ2n) is 5.44. The van der Waals surface area contributed by atoms with E-state index >= 15 is 0 Å². The van der Waals surface area contributed by atoms with Crippen molar-refractivity contribution >= 4 is 17.9 Å². The first-order valence-electron chi connectivity index (χ1n) is 7.18. The Morgan fingerprint density at radius 3 is 2.82 bits per heavy atom. The van der Waals surface area contributed by atoms with Crippen LogP contribution >= 0.6 is 0 Å². The molecule has 0 aromatic carbocycles. The first kappa shape index (κ1) is 15.8. The smallest absolute Gasteiger partial charge is 0.401 e. The second-order valence-corrected chi connectivity index (χ2v) is 5.44. The highest BCUT2D eigenvalue weighted by molar-refractivity contribution is 6.01. The summed E-state index contributed by atoms with van der Waals surface area (Å²) in [5, 5.41) is 22.5. The normalized spacial score (nSPS) is 21.9. The lowest BCUT2D eigenvalue weighted by molar-refractivity contribution is -0.402. The van der Waals surface area contributed by atoms with Crippen LogP contribution in [0.25, 0.3) is 6.08 Å². The van der Waals surface area contributed by atoms with E-state index in [2.05, 4.69) is 12.2 Å². The van der Waals surface area contributed by atoms with Crippen LogP contribution in [0, 0.1) is 27.4 Å². The molecule has 1 aliphatic carbocycles. The zero-order chi connectivity index (χ0) is 16.1. The SMILES string of the molecule is C[C@@H]1CCCC[C@H]1NC(=O)/C(C#N)=C/c1ccc([N+](=O)[O-])o1. The van der Waals surface area contributed by atoms with Gasteiger partial charge in [0.2, 0.25) is 0 Å². The van der Waals surface area contributed by atoms with Gasteiger partial charge in [0.15, 0.2) is 0 Å². The minimum absolute atomic E-state index is 0.0592. The van der Waals surface area contributed by atoms with Gasteiger partial charge in [-0.3, -0.25) is 14.9 Å². The topological polar surface area (TPSA) is 109 Å². The third-order valence-corrected chi connectivity index (χ3v) is 3.87. The van der Waals surface area contributed by atoms with Crippen molar-refractivity contribution in [3.8, 4) is 6.07 Å². The van der Waals surface area contributed by atoms with E-state index in [4.69, 9.17) is 9.68 Å². The molecule has 0 saturated heterocycles. The van der Waals surface area contributed by atoms with Crippen LogP contribution in [0.5, 0.6) is 0 Å². The molecule has 1 aliphatic rings. The summed E-state index contributed by atoms with van der Waals surface area (Å²) < 4.78 is 4.93. The highest BCUT2D eigenvalue weighted by Gasteiger charge is 2.24. The molecule has 0 spiro atoms. The maximum Gasteiger partial charge on any atom is 0.433 e. The molecule has 1 N–H and O–H groups in total. The summed E-state index contributed by atoms with van der Waals surface area (Å²) in [5.74, 6) is -0.414. The Bertz CT molecular complexity index is 641. The molecular weight excluding hydrogens is 286 g/mol. The number of nitrogens with zero attached hydrogens (tertiary/aromatic N) is 2. The Labute approximate surface area is 127 Å². The van der Waals surface area contributed by atoms with Crippen LogP contribution in [-0.2, 0) is 4.79 Å². The number of furan rings is 1. The molecule has 2 atom stereocenters. The van der Waals surface area contributed by atoms with Gasteiger partial charge < -0.3 is 9.73 Å². The van der Waals surface area contributed by atoms with Crippen LogP contribution in [0.1, 0.15) is 38.4 Å². The third kappa shape index (κ3) is 3.73. The van der Waals surface area contributed by atoms with Crippen molar-refractivity contribution in [1.29, 1.82) is 5.26 Å². The molecule has 0 unspecified atom stereocenters. The van der Waals surface area contributed by atoms with Crippen LogP contribution in [0.4, 0.5) is 5.88 Å². The fraction of sp³-hybridized carbons (Fsp3) is 0.467. The average molecular weight is 303 g/mol. The molecule has 0 bridgehead atoms. The first-order chi connectivity index (χ1) is 10.5. The molecular formula is C15H17N3O4. The van der Waals surface area contributed by atoms with Crippen LogP contribution in [0.2, 0.25) is 0 Å². The molecule has 2 rings (SSSR count). The van der Waals surface area contributed by atoms with Gasteiger partial charge in [0, 0.05) is 12.1 Å². The number of nitriles is 1. The van der Waals surface area contributed by atoms with E-state index in [0.29, 0.717) is 5.92 Å². The Hall–Kier alpha value is -2.62. The highest BCUT2D eigenvalue weighted by Crippen LogP contribution is 2.24. The number of hydrogen-bond donors (Lipinski definition) is 1. The summed E-state index contributed by atoms with van der Waals surface area (Å²) in [4.78, 5) is 22.0. The van der Waals surface area contributed by atoms with Gasteiger partial charge >= 0.3 is 5.88 Å². The second kappa shape index (κ2) is 6.89. The number of nitro groups is 1. The molecule has 1 aromatic heterocycles. The van der Waals surface area contributed by atoms with Crippen molar-refractivity contribution in [2.75, 3.05) is 0 Å². The number of carbonyl (C=O) groups is 1. The molecule has 7 nitrogen and oxygen atoms in total. The quantitative estimate of drug-likeness (QED) is 0.398. The van der Waals surface area contributed by atoms with Crippen LogP contribution in [-0.4, -0.2) is 16.9 Å². The van der Waals surface area contributed by atoms with E-state index < -0.39 is 16.7 Å². The third-order valence-electron chi connectivity index (χ3n) is 3.87. The fourth-order valence-electron chi connectivity index (χ4n) is 2.59. The van der Waals surface area contributed by atoms with Gasteiger partial charge in [-0.15, -0.1) is 0 Å². The van der Waals surface area contributed by atoms with Crippen LogP contribution in [0.15, 0.2) is 22.1 Å². The molecule has 1 heterocycles. The Morgan fingerprint density at radius 2 is 2.23 bits per heavy atom. The van der Waals surface area contributed by atoms with Gasteiger partial charge in [0.05, 0.1) is 6.07 Å². The van der Waals surface area contributed by atoms with Gasteiger partial charge in [-0.05, 0) is 24.8 Å². The highest BCUT2D eigenvalue weighted by atomic mass is 16.6. The first-order valence-corrected chi connectivity index (χ1v) is 7.18. The predicted molar refractivity (Wildman–Crippen MR) is 78.5 cm³/mol. The number of hydrogen-bond acceptors (Lipinski definition) is 5. The van der Waals surface area contributed by atoms with Crippen LogP contribution in [0.3, 0.4) is 0 Å². The number of nitrogens with one attached hydrogen (secondary N) is 1. The number of amides is 1. The van der Waals surface area contributed by atoms with Gasteiger partial charge in [-0.25, -0.2) is 0 Å². The molecule has 22 heavy (non-hydrogen) atoms. The van der Waals surface area contributed by atoms with E-state index in [1.165, 1.54) is 18.2 Å². The molecule has 1 aromatic rings. The van der Waals surface area contributed by atoms with Crippen molar-refractivity contribution in [3.05, 3.63) is 33.6 Å².